The first-order valence-electron chi connectivity index (χ1n) is 7.10. The zero-order valence-corrected chi connectivity index (χ0v) is 12.4. The van der Waals surface area contributed by atoms with Crippen molar-refractivity contribution in [1.29, 1.82) is 0 Å². The summed E-state index contributed by atoms with van der Waals surface area (Å²) in [6.45, 7) is 9.04. The number of piperidine rings is 1. The molecule has 106 valence electrons. The highest BCUT2D eigenvalue weighted by Crippen LogP contribution is 2.13. The summed E-state index contributed by atoms with van der Waals surface area (Å²) in [5.74, 6) is 0.158. The molecule has 1 rings (SSSR count). The monoisotopic (exact) mass is 255 g/mol. The largest absolute Gasteiger partial charge is 0.354 e. The van der Waals surface area contributed by atoms with Crippen molar-refractivity contribution in [2.45, 2.75) is 58.0 Å². The molecule has 4 heteroatoms. The van der Waals surface area contributed by atoms with Gasteiger partial charge in [-0.15, -0.1) is 0 Å². The Morgan fingerprint density at radius 2 is 2.06 bits per heavy atom. The maximum atomic E-state index is 11.7. The minimum Gasteiger partial charge on any atom is -0.354 e. The van der Waals surface area contributed by atoms with Crippen LogP contribution < -0.4 is 10.6 Å². The molecule has 0 aromatic carbocycles. The second-order valence-electron chi connectivity index (χ2n) is 6.36. The maximum absolute atomic E-state index is 11.7. The fourth-order valence-corrected chi connectivity index (χ4v) is 2.27. The fourth-order valence-electron chi connectivity index (χ4n) is 2.27. The minimum atomic E-state index is 0.0872. The Balaban J connectivity index is 2.13. The summed E-state index contributed by atoms with van der Waals surface area (Å²) in [4.78, 5) is 14.1. The molecule has 0 bridgehead atoms. The van der Waals surface area contributed by atoms with E-state index in [9.17, 15) is 4.79 Å². The molecule has 1 fully saturated rings. The highest BCUT2D eigenvalue weighted by molar-refractivity contribution is 5.76. The van der Waals surface area contributed by atoms with E-state index in [0.717, 1.165) is 19.6 Å². The molecule has 0 saturated carbocycles. The third-order valence-corrected chi connectivity index (χ3v) is 3.46. The summed E-state index contributed by atoms with van der Waals surface area (Å²) < 4.78 is 0. The van der Waals surface area contributed by atoms with Gasteiger partial charge < -0.3 is 15.5 Å². The molecule has 4 nitrogen and oxygen atoms in total. The summed E-state index contributed by atoms with van der Waals surface area (Å²) in [6, 6.07) is 0.526. The highest BCUT2D eigenvalue weighted by Gasteiger charge is 2.19. The van der Waals surface area contributed by atoms with E-state index in [1.807, 2.05) is 0 Å². The zero-order valence-electron chi connectivity index (χ0n) is 12.4. The molecule has 0 aromatic rings. The quantitative estimate of drug-likeness (QED) is 0.780. The van der Waals surface area contributed by atoms with Crippen LogP contribution >= 0.6 is 0 Å². The Kier molecular flexibility index (Phi) is 6.09. The molecule has 2 N–H and O–H groups in total. The first-order valence-corrected chi connectivity index (χ1v) is 7.10. The average molecular weight is 255 g/mol. The molecule has 0 aromatic heterocycles. The minimum absolute atomic E-state index is 0.0872. The van der Waals surface area contributed by atoms with Gasteiger partial charge in [-0.1, -0.05) is 6.42 Å². The van der Waals surface area contributed by atoms with Gasteiger partial charge in [0.25, 0.3) is 0 Å². The van der Waals surface area contributed by atoms with Crippen LogP contribution in [-0.4, -0.2) is 49.1 Å². The number of nitrogens with one attached hydrogen (secondary N) is 2. The first-order chi connectivity index (χ1) is 8.38. The lowest BCUT2D eigenvalue weighted by atomic mass is 10.0. The van der Waals surface area contributed by atoms with Gasteiger partial charge >= 0.3 is 0 Å². The van der Waals surface area contributed by atoms with Gasteiger partial charge in [0.05, 0.1) is 0 Å². The Hall–Kier alpha value is -0.610. The number of rotatable bonds is 5. The van der Waals surface area contributed by atoms with Gasteiger partial charge in [-0.3, -0.25) is 4.79 Å². The average Bonchev–Trinajstić information content (AvgIpc) is 2.26. The predicted octanol–water partition coefficient (Wildman–Crippen LogP) is 1.37. The van der Waals surface area contributed by atoms with E-state index >= 15 is 0 Å². The predicted molar refractivity (Wildman–Crippen MR) is 75.7 cm³/mol. The Morgan fingerprint density at radius 3 is 2.67 bits per heavy atom. The molecule has 1 aliphatic heterocycles. The Labute approximate surface area is 111 Å². The normalized spacial score (nSPS) is 21.9. The van der Waals surface area contributed by atoms with E-state index < -0.39 is 0 Å². The van der Waals surface area contributed by atoms with Crippen molar-refractivity contribution >= 4 is 5.91 Å². The van der Waals surface area contributed by atoms with Crippen LogP contribution in [0.1, 0.15) is 46.5 Å². The summed E-state index contributed by atoms with van der Waals surface area (Å²) in [7, 11) is 2.15. The first kappa shape index (κ1) is 15.4. The van der Waals surface area contributed by atoms with Crippen molar-refractivity contribution in [3.8, 4) is 0 Å². The van der Waals surface area contributed by atoms with Gasteiger partial charge in [0.2, 0.25) is 5.91 Å². The van der Waals surface area contributed by atoms with E-state index in [2.05, 4.69) is 43.4 Å². The molecule has 0 aliphatic carbocycles. The number of likely N-dealkylation sites (N-methyl/N-ethyl adjacent to an activating group) is 1. The van der Waals surface area contributed by atoms with Crippen LogP contribution in [0.4, 0.5) is 0 Å². The number of hydrogen-bond acceptors (Lipinski definition) is 3. The van der Waals surface area contributed by atoms with Crippen LogP contribution in [0.5, 0.6) is 0 Å². The lowest BCUT2D eigenvalue weighted by Gasteiger charge is -2.32. The molecule has 1 saturated heterocycles. The SMILES string of the molecule is CN1CCCCC1CNC(=O)CCNC(C)(C)C. The third kappa shape index (κ3) is 6.36. The smallest absolute Gasteiger partial charge is 0.221 e. The van der Waals surface area contributed by atoms with Gasteiger partial charge in [0, 0.05) is 31.1 Å². The van der Waals surface area contributed by atoms with Crippen LogP contribution in [-0.2, 0) is 4.79 Å². The lowest BCUT2D eigenvalue weighted by molar-refractivity contribution is -0.121. The van der Waals surface area contributed by atoms with Crippen LogP contribution in [0, 0.1) is 0 Å². The second kappa shape index (κ2) is 7.10. The van der Waals surface area contributed by atoms with Crippen molar-refractivity contribution in [2.75, 3.05) is 26.7 Å². The van der Waals surface area contributed by atoms with Gasteiger partial charge in [-0.05, 0) is 47.2 Å². The number of nitrogens with zero attached hydrogens (tertiary/aromatic N) is 1. The molecule has 0 spiro atoms. The van der Waals surface area contributed by atoms with Gasteiger partial charge in [-0.2, -0.15) is 0 Å². The Bertz CT molecular complexity index is 260. The Morgan fingerprint density at radius 1 is 1.33 bits per heavy atom. The standard InChI is InChI=1S/C14H29N3O/c1-14(2,3)16-9-8-13(18)15-11-12-7-5-6-10-17(12)4/h12,16H,5-11H2,1-4H3,(H,15,18). The summed E-state index contributed by atoms with van der Waals surface area (Å²) in [5, 5.41) is 6.38. The van der Waals surface area contributed by atoms with Crippen LogP contribution in [0.2, 0.25) is 0 Å². The van der Waals surface area contributed by atoms with Crippen molar-refractivity contribution in [2.24, 2.45) is 0 Å². The molecular formula is C14H29N3O. The molecule has 18 heavy (non-hydrogen) atoms. The number of likely N-dealkylation sites (tertiary alicyclic amines) is 1. The van der Waals surface area contributed by atoms with Crippen LogP contribution in [0.25, 0.3) is 0 Å². The molecule has 0 radical (unpaired) electrons. The zero-order chi connectivity index (χ0) is 13.6. The van der Waals surface area contributed by atoms with Crippen LogP contribution in [0.15, 0.2) is 0 Å². The molecule has 1 atom stereocenters. The van der Waals surface area contributed by atoms with Crippen molar-refractivity contribution < 1.29 is 4.79 Å². The number of carbonyl (C=O) groups is 1. The third-order valence-electron chi connectivity index (χ3n) is 3.46. The number of carbonyl (C=O) groups excluding carboxylic acids is 1. The molecule has 1 heterocycles. The topological polar surface area (TPSA) is 44.4 Å². The van der Waals surface area contributed by atoms with Gasteiger partial charge in [0.1, 0.15) is 0 Å². The highest BCUT2D eigenvalue weighted by atomic mass is 16.1. The van der Waals surface area contributed by atoms with E-state index in [4.69, 9.17) is 0 Å². The van der Waals surface area contributed by atoms with E-state index in [1.165, 1.54) is 19.3 Å². The lowest BCUT2D eigenvalue weighted by Crippen LogP contribution is -2.45. The van der Waals surface area contributed by atoms with Crippen molar-refractivity contribution in [3.05, 3.63) is 0 Å². The van der Waals surface area contributed by atoms with Gasteiger partial charge in [-0.25, -0.2) is 0 Å². The second-order valence-corrected chi connectivity index (χ2v) is 6.36. The number of hydrogen-bond donors (Lipinski definition) is 2. The molecule has 1 unspecified atom stereocenters. The summed E-state index contributed by atoms with van der Waals surface area (Å²) >= 11 is 0. The summed E-state index contributed by atoms with van der Waals surface area (Å²) in [6.07, 6.45) is 4.34. The van der Waals surface area contributed by atoms with Crippen molar-refractivity contribution in [1.82, 2.24) is 15.5 Å². The van der Waals surface area contributed by atoms with E-state index in [1.54, 1.807) is 0 Å². The van der Waals surface area contributed by atoms with E-state index in [0.29, 0.717) is 12.5 Å². The molecule has 1 amide bonds. The fraction of sp³-hybridized carbons (Fsp3) is 0.929. The van der Waals surface area contributed by atoms with E-state index in [-0.39, 0.29) is 11.4 Å². The number of amides is 1. The van der Waals surface area contributed by atoms with Gasteiger partial charge in [0.15, 0.2) is 0 Å². The van der Waals surface area contributed by atoms with Crippen molar-refractivity contribution in [3.63, 3.8) is 0 Å². The van der Waals surface area contributed by atoms with Crippen LogP contribution in [0.3, 0.4) is 0 Å². The molecular weight excluding hydrogens is 226 g/mol. The molecule has 1 aliphatic rings. The summed E-state index contributed by atoms with van der Waals surface area (Å²) in [5.41, 5.74) is 0.0872. The maximum Gasteiger partial charge on any atom is 0.221 e.